The highest BCUT2D eigenvalue weighted by atomic mass is 32.2. The van der Waals surface area contributed by atoms with E-state index >= 15 is 0 Å². The van der Waals surface area contributed by atoms with Crippen molar-refractivity contribution >= 4 is 21.4 Å². The van der Waals surface area contributed by atoms with Crippen molar-refractivity contribution in [3.05, 3.63) is 18.2 Å². The minimum absolute atomic E-state index is 0.337. The fourth-order valence-corrected chi connectivity index (χ4v) is 1.76. The molecule has 5 nitrogen and oxygen atoms in total. The second kappa shape index (κ2) is 4.61. The lowest BCUT2D eigenvalue weighted by atomic mass is 10.2. The lowest BCUT2D eigenvalue weighted by molar-refractivity contribution is 0.415. The molecule has 1 aromatic carbocycles. The van der Waals surface area contributed by atoms with E-state index in [2.05, 4.69) is 4.72 Å². The Morgan fingerprint density at radius 3 is 2.44 bits per heavy atom. The molecule has 0 aromatic heterocycles. The fourth-order valence-electron chi connectivity index (χ4n) is 1.03. The van der Waals surface area contributed by atoms with Gasteiger partial charge in [-0.1, -0.05) is 0 Å². The maximum Gasteiger partial charge on any atom is 0.235 e. The van der Waals surface area contributed by atoms with Gasteiger partial charge in [0.15, 0.2) is 0 Å². The van der Waals surface area contributed by atoms with E-state index in [0.717, 1.165) is 0 Å². The number of sulfonamides is 1. The van der Waals surface area contributed by atoms with Crippen LogP contribution in [0, 0.1) is 0 Å². The number of hydrogen-bond acceptors (Lipinski definition) is 4. The zero-order valence-corrected chi connectivity index (χ0v) is 10.3. The lowest BCUT2D eigenvalue weighted by Gasteiger charge is -2.13. The van der Waals surface area contributed by atoms with Gasteiger partial charge in [-0.15, -0.1) is 0 Å². The highest BCUT2D eigenvalue weighted by Crippen LogP contribution is 2.25. The molecule has 0 amide bonds. The molecule has 0 aliphatic carbocycles. The SMILES string of the molecule is COc1ccc(NS(=O)(=O)C(C)C)c(N)c1. The number of anilines is 2. The zero-order chi connectivity index (χ0) is 12.3. The quantitative estimate of drug-likeness (QED) is 0.785. The Hall–Kier alpha value is -1.43. The first-order valence-electron chi connectivity index (χ1n) is 4.82. The number of nitrogen functional groups attached to an aromatic ring is 1. The first-order valence-corrected chi connectivity index (χ1v) is 6.36. The number of rotatable bonds is 4. The van der Waals surface area contributed by atoms with Crippen molar-refractivity contribution in [1.29, 1.82) is 0 Å². The van der Waals surface area contributed by atoms with Gasteiger partial charge in [-0.25, -0.2) is 8.42 Å². The van der Waals surface area contributed by atoms with Gasteiger partial charge in [0.05, 0.1) is 23.7 Å². The lowest BCUT2D eigenvalue weighted by Crippen LogP contribution is -2.23. The number of benzene rings is 1. The van der Waals surface area contributed by atoms with Crippen LogP contribution in [0.25, 0.3) is 0 Å². The molecule has 0 saturated carbocycles. The molecule has 0 spiro atoms. The summed E-state index contributed by atoms with van der Waals surface area (Å²) < 4.78 is 30.6. The van der Waals surface area contributed by atoms with E-state index in [1.54, 1.807) is 32.0 Å². The minimum atomic E-state index is -3.36. The maximum absolute atomic E-state index is 11.6. The molecule has 16 heavy (non-hydrogen) atoms. The number of hydrogen-bond donors (Lipinski definition) is 2. The molecule has 1 rings (SSSR count). The van der Waals surface area contributed by atoms with Gasteiger partial charge < -0.3 is 10.5 Å². The van der Waals surface area contributed by atoms with Crippen molar-refractivity contribution in [2.45, 2.75) is 19.1 Å². The van der Waals surface area contributed by atoms with Crippen molar-refractivity contribution in [2.24, 2.45) is 0 Å². The van der Waals surface area contributed by atoms with Gasteiger partial charge in [0, 0.05) is 6.07 Å². The van der Waals surface area contributed by atoms with Crippen LogP contribution in [0.5, 0.6) is 5.75 Å². The van der Waals surface area contributed by atoms with E-state index in [0.29, 0.717) is 17.1 Å². The van der Waals surface area contributed by atoms with Crippen LogP contribution in [-0.4, -0.2) is 20.8 Å². The van der Waals surface area contributed by atoms with Gasteiger partial charge in [-0.05, 0) is 26.0 Å². The normalized spacial score (nSPS) is 11.5. The molecule has 0 bridgehead atoms. The highest BCUT2D eigenvalue weighted by Gasteiger charge is 2.16. The molecule has 0 aliphatic rings. The summed E-state index contributed by atoms with van der Waals surface area (Å²) in [6.07, 6.45) is 0. The van der Waals surface area contributed by atoms with Crippen LogP contribution in [0.1, 0.15) is 13.8 Å². The third-order valence-electron chi connectivity index (χ3n) is 2.13. The Bertz CT molecular complexity index is 469. The molecule has 0 aliphatic heterocycles. The zero-order valence-electron chi connectivity index (χ0n) is 9.52. The Balaban J connectivity index is 2.99. The van der Waals surface area contributed by atoms with Crippen LogP contribution in [0.3, 0.4) is 0 Å². The topological polar surface area (TPSA) is 81.4 Å². The molecular formula is C10H16N2O3S. The highest BCUT2D eigenvalue weighted by molar-refractivity contribution is 7.93. The molecule has 0 heterocycles. The van der Waals surface area contributed by atoms with E-state index in [1.165, 1.54) is 7.11 Å². The van der Waals surface area contributed by atoms with Crippen molar-refractivity contribution < 1.29 is 13.2 Å². The summed E-state index contributed by atoms with van der Waals surface area (Å²) >= 11 is 0. The third-order valence-corrected chi connectivity index (χ3v) is 3.88. The third kappa shape index (κ3) is 2.79. The summed E-state index contributed by atoms with van der Waals surface area (Å²) in [7, 11) is -1.84. The Morgan fingerprint density at radius 2 is 2.00 bits per heavy atom. The average molecular weight is 244 g/mol. The van der Waals surface area contributed by atoms with Gasteiger partial charge in [0.1, 0.15) is 5.75 Å². The van der Waals surface area contributed by atoms with E-state index in [1.807, 2.05) is 0 Å². The summed E-state index contributed by atoms with van der Waals surface area (Å²) in [5, 5.41) is -0.506. The molecule has 0 atom stereocenters. The second-order valence-corrected chi connectivity index (χ2v) is 5.89. The summed E-state index contributed by atoms with van der Waals surface area (Å²) in [5.74, 6) is 0.588. The summed E-state index contributed by atoms with van der Waals surface area (Å²) in [6, 6.07) is 4.79. The Morgan fingerprint density at radius 1 is 1.38 bits per heavy atom. The molecule has 0 fully saturated rings. The fraction of sp³-hybridized carbons (Fsp3) is 0.400. The maximum atomic E-state index is 11.6. The minimum Gasteiger partial charge on any atom is -0.497 e. The molecule has 90 valence electrons. The van der Waals surface area contributed by atoms with E-state index < -0.39 is 15.3 Å². The number of nitrogens with one attached hydrogen (secondary N) is 1. The summed E-state index contributed by atoms with van der Waals surface area (Å²) in [5.41, 5.74) is 6.40. The first kappa shape index (κ1) is 12.6. The van der Waals surface area contributed by atoms with Crippen molar-refractivity contribution in [1.82, 2.24) is 0 Å². The van der Waals surface area contributed by atoms with Crippen LogP contribution in [0.15, 0.2) is 18.2 Å². The number of ether oxygens (including phenoxy) is 1. The summed E-state index contributed by atoms with van der Waals surface area (Å²) in [6.45, 7) is 3.20. The number of nitrogens with two attached hydrogens (primary N) is 1. The summed E-state index contributed by atoms with van der Waals surface area (Å²) in [4.78, 5) is 0. The number of methoxy groups -OCH3 is 1. The van der Waals surface area contributed by atoms with Gasteiger partial charge >= 0.3 is 0 Å². The van der Waals surface area contributed by atoms with Crippen molar-refractivity contribution in [3.63, 3.8) is 0 Å². The molecule has 6 heteroatoms. The predicted molar refractivity (Wildman–Crippen MR) is 65.1 cm³/mol. The van der Waals surface area contributed by atoms with Gasteiger partial charge in [-0.2, -0.15) is 0 Å². The van der Waals surface area contributed by atoms with Crippen molar-refractivity contribution in [3.8, 4) is 5.75 Å². The Labute approximate surface area is 95.7 Å². The van der Waals surface area contributed by atoms with E-state index in [-0.39, 0.29) is 0 Å². The molecule has 3 N–H and O–H groups in total. The van der Waals surface area contributed by atoms with E-state index in [9.17, 15) is 8.42 Å². The van der Waals surface area contributed by atoms with Gasteiger partial charge in [0.25, 0.3) is 0 Å². The monoisotopic (exact) mass is 244 g/mol. The van der Waals surface area contributed by atoms with Gasteiger partial charge in [0.2, 0.25) is 10.0 Å². The van der Waals surface area contributed by atoms with Crippen LogP contribution in [0.2, 0.25) is 0 Å². The Kier molecular flexibility index (Phi) is 3.64. The largest absolute Gasteiger partial charge is 0.497 e. The van der Waals surface area contributed by atoms with Crippen LogP contribution >= 0.6 is 0 Å². The van der Waals surface area contributed by atoms with Crippen LogP contribution in [0.4, 0.5) is 11.4 Å². The van der Waals surface area contributed by atoms with Crippen LogP contribution < -0.4 is 15.2 Å². The van der Waals surface area contributed by atoms with Crippen molar-refractivity contribution in [2.75, 3.05) is 17.6 Å². The average Bonchev–Trinajstić information content (AvgIpc) is 2.20. The van der Waals surface area contributed by atoms with Crippen LogP contribution in [-0.2, 0) is 10.0 Å². The molecule has 0 radical (unpaired) electrons. The smallest absolute Gasteiger partial charge is 0.235 e. The molecule has 0 saturated heterocycles. The first-order chi connectivity index (χ1) is 7.36. The van der Waals surface area contributed by atoms with Gasteiger partial charge in [-0.3, -0.25) is 4.72 Å². The second-order valence-electron chi connectivity index (χ2n) is 3.65. The molecule has 0 unspecified atom stereocenters. The van der Waals surface area contributed by atoms with E-state index in [4.69, 9.17) is 10.5 Å². The molecule has 1 aromatic rings. The molecular weight excluding hydrogens is 228 g/mol. The predicted octanol–water partition coefficient (Wildman–Crippen LogP) is 1.43. The standard InChI is InChI=1S/C10H16N2O3S/c1-7(2)16(13,14)12-10-5-4-8(15-3)6-9(10)11/h4-7,12H,11H2,1-3H3.